The Kier molecular flexibility index (Phi) is 5.86. The topological polar surface area (TPSA) is 116 Å². The SMILES string of the molecule is Cc1ccccc1NC(=O)CC(NC(C)C(=O)O)C(=O)O. The van der Waals surface area contributed by atoms with Gasteiger partial charge < -0.3 is 15.5 Å². The maximum atomic E-state index is 11.9. The first kappa shape index (κ1) is 16.6. The Balaban J connectivity index is 2.67. The monoisotopic (exact) mass is 294 g/mol. The number of aliphatic carboxylic acids is 2. The van der Waals surface area contributed by atoms with Gasteiger partial charge in [-0.25, -0.2) is 0 Å². The zero-order valence-corrected chi connectivity index (χ0v) is 11.8. The summed E-state index contributed by atoms with van der Waals surface area (Å²) in [7, 11) is 0. The fourth-order valence-corrected chi connectivity index (χ4v) is 1.69. The normalized spacial score (nSPS) is 13.2. The molecule has 0 spiro atoms. The van der Waals surface area contributed by atoms with Gasteiger partial charge in [0.05, 0.1) is 6.42 Å². The van der Waals surface area contributed by atoms with Gasteiger partial charge in [0.15, 0.2) is 0 Å². The van der Waals surface area contributed by atoms with E-state index in [-0.39, 0.29) is 6.42 Å². The highest BCUT2D eigenvalue weighted by atomic mass is 16.4. The van der Waals surface area contributed by atoms with Crippen molar-refractivity contribution >= 4 is 23.5 Å². The number of carbonyl (C=O) groups is 3. The molecule has 0 aliphatic rings. The maximum Gasteiger partial charge on any atom is 0.321 e. The van der Waals surface area contributed by atoms with E-state index in [4.69, 9.17) is 10.2 Å². The summed E-state index contributed by atoms with van der Waals surface area (Å²) in [5.74, 6) is -2.95. The molecule has 7 heteroatoms. The molecule has 1 aromatic carbocycles. The minimum absolute atomic E-state index is 0.360. The van der Waals surface area contributed by atoms with Crippen LogP contribution in [0, 0.1) is 6.92 Å². The molecule has 1 rings (SSSR count). The number of carboxylic acid groups (broad SMARTS) is 2. The summed E-state index contributed by atoms with van der Waals surface area (Å²) < 4.78 is 0. The molecule has 0 fully saturated rings. The third-order valence-electron chi connectivity index (χ3n) is 2.93. The summed E-state index contributed by atoms with van der Waals surface area (Å²) in [6.07, 6.45) is -0.360. The lowest BCUT2D eigenvalue weighted by Gasteiger charge is -2.17. The second-order valence-electron chi connectivity index (χ2n) is 4.68. The summed E-state index contributed by atoms with van der Waals surface area (Å²) >= 11 is 0. The van der Waals surface area contributed by atoms with Crippen LogP contribution in [0.15, 0.2) is 24.3 Å². The van der Waals surface area contributed by atoms with Crippen LogP contribution in [0.3, 0.4) is 0 Å². The first-order chi connectivity index (χ1) is 9.81. The van der Waals surface area contributed by atoms with Gasteiger partial charge in [0.2, 0.25) is 5.91 Å². The summed E-state index contributed by atoms with van der Waals surface area (Å²) in [5.41, 5.74) is 1.45. The maximum absolute atomic E-state index is 11.9. The van der Waals surface area contributed by atoms with Crippen molar-refractivity contribution in [1.82, 2.24) is 5.32 Å². The molecule has 21 heavy (non-hydrogen) atoms. The third-order valence-corrected chi connectivity index (χ3v) is 2.93. The summed E-state index contributed by atoms with van der Waals surface area (Å²) in [6.45, 7) is 3.13. The highest BCUT2D eigenvalue weighted by molar-refractivity contribution is 5.94. The summed E-state index contributed by atoms with van der Waals surface area (Å²) in [4.78, 5) is 33.7. The molecule has 0 saturated heterocycles. The van der Waals surface area contributed by atoms with Crippen LogP contribution in [0.2, 0.25) is 0 Å². The zero-order chi connectivity index (χ0) is 16.0. The number of hydrogen-bond donors (Lipinski definition) is 4. The Labute approximate surface area is 122 Å². The predicted molar refractivity (Wildman–Crippen MR) is 76.1 cm³/mol. The second kappa shape index (κ2) is 7.39. The number of nitrogens with one attached hydrogen (secondary N) is 2. The minimum atomic E-state index is -1.27. The number of rotatable bonds is 7. The van der Waals surface area contributed by atoms with Gasteiger partial charge in [0.1, 0.15) is 12.1 Å². The summed E-state index contributed by atoms with van der Waals surface area (Å²) in [5, 5.41) is 22.8. The van der Waals surface area contributed by atoms with Crippen molar-refractivity contribution in [3.63, 3.8) is 0 Å². The van der Waals surface area contributed by atoms with E-state index in [1.54, 1.807) is 12.1 Å². The number of anilines is 1. The smallest absolute Gasteiger partial charge is 0.321 e. The standard InChI is InChI=1S/C14H18N2O5/c1-8-5-3-4-6-10(8)16-12(17)7-11(14(20)21)15-9(2)13(18)19/h3-6,9,11,15H,7H2,1-2H3,(H,16,17)(H,18,19)(H,20,21). The minimum Gasteiger partial charge on any atom is -0.480 e. The van der Waals surface area contributed by atoms with Crippen molar-refractivity contribution in [3.05, 3.63) is 29.8 Å². The Morgan fingerprint density at radius 1 is 1.14 bits per heavy atom. The lowest BCUT2D eigenvalue weighted by molar-refractivity contribution is -0.143. The molecule has 0 aliphatic carbocycles. The number of aryl methyl sites for hydroxylation is 1. The van der Waals surface area contributed by atoms with Crippen molar-refractivity contribution in [1.29, 1.82) is 0 Å². The molecular weight excluding hydrogens is 276 g/mol. The summed E-state index contributed by atoms with van der Waals surface area (Å²) in [6, 6.07) is 4.77. The first-order valence-electron chi connectivity index (χ1n) is 6.38. The van der Waals surface area contributed by atoms with Crippen LogP contribution in [0.5, 0.6) is 0 Å². The number of carbonyl (C=O) groups excluding carboxylic acids is 1. The molecule has 0 saturated carbocycles. The fourth-order valence-electron chi connectivity index (χ4n) is 1.69. The Morgan fingerprint density at radius 2 is 1.76 bits per heavy atom. The van der Waals surface area contributed by atoms with Crippen molar-refractivity contribution < 1.29 is 24.6 Å². The van der Waals surface area contributed by atoms with Gasteiger partial charge in [-0.2, -0.15) is 0 Å². The fraction of sp³-hybridized carbons (Fsp3) is 0.357. The molecule has 4 N–H and O–H groups in total. The van der Waals surface area contributed by atoms with Crippen molar-refractivity contribution in [2.24, 2.45) is 0 Å². The van der Waals surface area contributed by atoms with Crippen LogP contribution in [-0.2, 0) is 14.4 Å². The average molecular weight is 294 g/mol. The highest BCUT2D eigenvalue weighted by Gasteiger charge is 2.25. The van der Waals surface area contributed by atoms with Crippen LogP contribution in [-0.4, -0.2) is 40.1 Å². The van der Waals surface area contributed by atoms with Gasteiger partial charge in [0.25, 0.3) is 0 Å². The number of amides is 1. The zero-order valence-electron chi connectivity index (χ0n) is 11.8. The molecule has 0 heterocycles. The van der Waals surface area contributed by atoms with E-state index in [1.807, 2.05) is 19.1 Å². The van der Waals surface area contributed by atoms with E-state index in [1.165, 1.54) is 6.92 Å². The number of carboxylic acids is 2. The van der Waals surface area contributed by atoms with Gasteiger partial charge in [0, 0.05) is 5.69 Å². The number of benzene rings is 1. The van der Waals surface area contributed by atoms with Gasteiger partial charge >= 0.3 is 11.9 Å². The molecule has 0 aromatic heterocycles. The molecular formula is C14H18N2O5. The molecule has 0 bridgehead atoms. The van der Waals surface area contributed by atoms with E-state index in [0.717, 1.165) is 5.56 Å². The van der Waals surface area contributed by atoms with Crippen LogP contribution < -0.4 is 10.6 Å². The lowest BCUT2D eigenvalue weighted by atomic mass is 10.1. The van der Waals surface area contributed by atoms with E-state index in [0.29, 0.717) is 5.69 Å². The van der Waals surface area contributed by atoms with Crippen molar-refractivity contribution in [3.8, 4) is 0 Å². The van der Waals surface area contributed by atoms with E-state index in [9.17, 15) is 14.4 Å². The van der Waals surface area contributed by atoms with Crippen LogP contribution >= 0.6 is 0 Å². The molecule has 1 amide bonds. The Hall–Kier alpha value is -2.41. The number of hydrogen-bond acceptors (Lipinski definition) is 4. The van der Waals surface area contributed by atoms with Gasteiger partial charge in [-0.05, 0) is 25.5 Å². The molecule has 2 unspecified atom stereocenters. The number of para-hydroxylation sites is 1. The Morgan fingerprint density at radius 3 is 2.29 bits per heavy atom. The van der Waals surface area contributed by atoms with Gasteiger partial charge in [-0.1, -0.05) is 18.2 Å². The first-order valence-corrected chi connectivity index (χ1v) is 6.38. The van der Waals surface area contributed by atoms with Crippen LogP contribution in [0.25, 0.3) is 0 Å². The molecule has 0 aliphatic heterocycles. The van der Waals surface area contributed by atoms with E-state index >= 15 is 0 Å². The van der Waals surface area contributed by atoms with Crippen molar-refractivity contribution in [2.45, 2.75) is 32.4 Å². The molecule has 7 nitrogen and oxygen atoms in total. The van der Waals surface area contributed by atoms with Crippen molar-refractivity contribution in [2.75, 3.05) is 5.32 Å². The van der Waals surface area contributed by atoms with Gasteiger partial charge in [-0.15, -0.1) is 0 Å². The van der Waals surface area contributed by atoms with Gasteiger partial charge in [-0.3, -0.25) is 19.7 Å². The predicted octanol–water partition coefficient (Wildman–Crippen LogP) is 0.840. The Bertz CT molecular complexity index is 544. The van der Waals surface area contributed by atoms with Crippen LogP contribution in [0.4, 0.5) is 5.69 Å². The van der Waals surface area contributed by atoms with E-state index in [2.05, 4.69) is 10.6 Å². The third kappa shape index (κ3) is 5.23. The highest BCUT2D eigenvalue weighted by Crippen LogP contribution is 2.13. The average Bonchev–Trinajstić information content (AvgIpc) is 2.40. The molecule has 2 atom stereocenters. The molecule has 0 radical (unpaired) electrons. The molecule has 1 aromatic rings. The lowest BCUT2D eigenvalue weighted by Crippen LogP contribution is -2.47. The quantitative estimate of drug-likeness (QED) is 0.592. The van der Waals surface area contributed by atoms with E-state index < -0.39 is 29.9 Å². The van der Waals surface area contributed by atoms with Crippen LogP contribution in [0.1, 0.15) is 18.9 Å². The second-order valence-corrected chi connectivity index (χ2v) is 4.68. The molecule has 114 valence electrons. The largest absolute Gasteiger partial charge is 0.480 e.